The van der Waals surface area contributed by atoms with E-state index in [4.69, 9.17) is 4.74 Å². The summed E-state index contributed by atoms with van der Waals surface area (Å²) < 4.78 is 5.38. The number of aromatic hydroxyl groups is 1. The number of rotatable bonds is 3. The lowest BCUT2D eigenvalue weighted by atomic mass is 9.96. The summed E-state index contributed by atoms with van der Waals surface area (Å²) in [6, 6.07) is 18.5. The molecule has 30 heavy (non-hydrogen) atoms. The average Bonchev–Trinajstić information content (AvgIpc) is 2.81. The zero-order chi connectivity index (χ0) is 20.5. The molecule has 0 bridgehead atoms. The Morgan fingerprint density at radius 1 is 1.03 bits per heavy atom. The third kappa shape index (κ3) is 3.55. The summed E-state index contributed by atoms with van der Waals surface area (Å²) in [5, 5.41) is 13.2. The Bertz CT molecular complexity index is 1090. The van der Waals surface area contributed by atoms with Gasteiger partial charge in [0.2, 0.25) is 0 Å². The van der Waals surface area contributed by atoms with Crippen LogP contribution in [0.15, 0.2) is 54.6 Å². The van der Waals surface area contributed by atoms with Crippen LogP contribution in [0.2, 0.25) is 0 Å². The van der Waals surface area contributed by atoms with Crippen molar-refractivity contribution in [3.05, 3.63) is 76.9 Å². The number of benzene rings is 3. The fourth-order valence-electron chi connectivity index (χ4n) is 4.73. The van der Waals surface area contributed by atoms with E-state index in [0.717, 1.165) is 35.8 Å². The summed E-state index contributed by atoms with van der Waals surface area (Å²) >= 11 is 0. The number of phenolic OH excluding ortho intramolecular Hbond substituents is 1. The minimum Gasteiger partial charge on any atom is -0.507 e. The van der Waals surface area contributed by atoms with Crippen LogP contribution in [0.25, 0.3) is 10.8 Å². The first-order valence-corrected chi connectivity index (χ1v) is 10.7. The maximum atomic E-state index is 13.2. The van der Waals surface area contributed by atoms with Gasteiger partial charge < -0.3 is 19.6 Å². The number of hydrogen-bond acceptors (Lipinski definition) is 3. The molecule has 5 rings (SSSR count). The van der Waals surface area contributed by atoms with Gasteiger partial charge in [-0.05, 0) is 22.4 Å². The minimum absolute atomic E-state index is 0.109. The Morgan fingerprint density at radius 3 is 2.60 bits per heavy atom. The fraction of sp³-hybridized carbons (Fsp3) is 0.320. The minimum atomic E-state index is -0.109. The maximum Gasteiger partial charge on any atom is 0.257 e. The largest absolute Gasteiger partial charge is 0.507 e. The van der Waals surface area contributed by atoms with Crippen molar-refractivity contribution in [1.82, 2.24) is 4.90 Å². The van der Waals surface area contributed by atoms with Crippen LogP contribution in [0.4, 0.5) is 0 Å². The molecule has 1 fully saturated rings. The van der Waals surface area contributed by atoms with E-state index >= 15 is 0 Å². The van der Waals surface area contributed by atoms with Gasteiger partial charge in [0.1, 0.15) is 18.8 Å². The number of phenols is 1. The maximum absolute atomic E-state index is 13.2. The first-order chi connectivity index (χ1) is 14.7. The topological polar surface area (TPSA) is 54.2 Å². The Morgan fingerprint density at radius 2 is 1.77 bits per heavy atom. The Kier molecular flexibility index (Phi) is 5.15. The van der Waals surface area contributed by atoms with Gasteiger partial charge in [-0.15, -0.1) is 0 Å². The Hall–Kier alpha value is -2.89. The molecular weight excluding hydrogens is 376 g/mol. The van der Waals surface area contributed by atoms with Crippen molar-refractivity contribution >= 4 is 16.7 Å². The zero-order valence-corrected chi connectivity index (χ0v) is 17.1. The molecule has 1 unspecified atom stereocenters. The summed E-state index contributed by atoms with van der Waals surface area (Å²) in [7, 11) is 0. The van der Waals surface area contributed by atoms with E-state index in [2.05, 4.69) is 24.3 Å². The van der Waals surface area contributed by atoms with Crippen molar-refractivity contribution in [1.29, 1.82) is 0 Å². The quantitative estimate of drug-likeness (QED) is 0.705. The molecule has 5 nitrogen and oxygen atoms in total. The van der Waals surface area contributed by atoms with Gasteiger partial charge in [0.05, 0.1) is 30.9 Å². The van der Waals surface area contributed by atoms with Crippen LogP contribution in [-0.2, 0) is 24.2 Å². The number of nitrogens with zero attached hydrogens (tertiary/aromatic N) is 1. The lowest BCUT2D eigenvalue weighted by molar-refractivity contribution is -0.929. The molecule has 0 radical (unpaired) electrons. The highest BCUT2D eigenvalue weighted by Crippen LogP contribution is 2.32. The first kappa shape index (κ1) is 19.1. The molecule has 1 amide bonds. The highest BCUT2D eigenvalue weighted by molar-refractivity contribution is 6.03. The Balaban J connectivity index is 1.51. The van der Waals surface area contributed by atoms with Crippen molar-refractivity contribution in [2.24, 2.45) is 0 Å². The highest BCUT2D eigenvalue weighted by Gasteiger charge is 2.27. The standard InChI is InChI=1S/C25H26N2O3/c28-24-22(25(29)27-11-13-30-14-12-27)15-19-6-3-4-8-21(19)23(24)17-26-10-9-18-5-1-2-7-20(18)16-26/h1-8,15,28H,9-14,16-17H2/p+1. The van der Waals surface area contributed by atoms with Gasteiger partial charge in [-0.2, -0.15) is 0 Å². The van der Waals surface area contributed by atoms with Gasteiger partial charge in [0, 0.05) is 25.1 Å². The number of amides is 1. The lowest BCUT2D eigenvalue weighted by Gasteiger charge is -2.29. The van der Waals surface area contributed by atoms with Gasteiger partial charge >= 0.3 is 0 Å². The van der Waals surface area contributed by atoms with E-state index in [-0.39, 0.29) is 11.7 Å². The Labute approximate surface area is 176 Å². The van der Waals surface area contributed by atoms with E-state index in [1.807, 2.05) is 30.3 Å². The van der Waals surface area contributed by atoms with Crippen molar-refractivity contribution in [3.8, 4) is 5.75 Å². The third-order valence-electron chi connectivity index (χ3n) is 6.39. The molecule has 2 N–H and O–H groups in total. The van der Waals surface area contributed by atoms with Gasteiger partial charge in [-0.1, -0.05) is 48.5 Å². The molecule has 2 heterocycles. The monoisotopic (exact) mass is 403 g/mol. The molecule has 0 aliphatic carbocycles. The first-order valence-electron chi connectivity index (χ1n) is 10.7. The number of nitrogens with one attached hydrogen (secondary N) is 1. The number of carbonyl (C=O) groups is 1. The lowest BCUT2D eigenvalue weighted by Crippen LogP contribution is -3.10. The second-order valence-corrected chi connectivity index (χ2v) is 8.25. The molecule has 1 atom stereocenters. The molecule has 2 aliphatic heterocycles. The molecule has 5 heteroatoms. The third-order valence-corrected chi connectivity index (χ3v) is 6.39. The smallest absolute Gasteiger partial charge is 0.257 e. The van der Waals surface area contributed by atoms with Crippen molar-refractivity contribution in [2.75, 3.05) is 32.8 Å². The predicted octanol–water partition coefficient (Wildman–Crippen LogP) is 2.16. The molecule has 0 spiro atoms. The van der Waals surface area contributed by atoms with Crippen LogP contribution in [0.5, 0.6) is 5.75 Å². The molecule has 0 aromatic heterocycles. The van der Waals surface area contributed by atoms with Gasteiger partial charge in [0.15, 0.2) is 0 Å². The molecule has 3 aromatic carbocycles. The summed E-state index contributed by atoms with van der Waals surface area (Å²) in [4.78, 5) is 16.4. The van der Waals surface area contributed by atoms with E-state index in [1.54, 1.807) is 4.90 Å². The predicted molar refractivity (Wildman–Crippen MR) is 116 cm³/mol. The van der Waals surface area contributed by atoms with Gasteiger partial charge in [0.25, 0.3) is 5.91 Å². The van der Waals surface area contributed by atoms with Crippen molar-refractivity contribution < 1.29 is 19.5 Å². The summed E-state index contributed by atoms with van der Waals surface area (Å²) in [6.07, 6.45) is 1.04. The van der Waals surface area contributed by atoms with Crippen LogP contribution in [0.3, 0.4) is 0 Å². The molecule has 0 saturated carbocycles. The van der Waals surface area contributed by atoms with Gasteiger partial charge in [-0.3, -0.25) is 4.79 Å². The fourth-order valence-corrected chi connectivity index (χ4v) is 4.73. The average molecular weight is 404 g/mol. The second-order valence-electron chi connectivity index (χ2n) is 8.25. The zero-order valence-electron chi connectivity index (χ0n) is 17.1. The number of hydrogen-bond donors (Lipinski definition) is 2. The van der Waals surface area contributed by atoms with E-state index in [0.29, 0.717) is 38.4 Å². The normalized spacial score (nSPS) is 18.9. The van der Waals surface area contributed by atoms with E-state index in [9.17, 15) is 9.90 Å². The number of ether oxygens (including phenoxy) is 1. The number of quaternary nitrogens is 1. The van der Waals surface area contributed by atoms with Crippen molar-refractivity contribution in [3.63, 3.8) is 0 Å². The molecular formula is C25H27N2O3+. The number of carbonyl (C=O) groups excluding carboxylic acids is 1. The van der Waals surface area contributed by atoms with Gasteiger partial charge in [-0.25, -0.2) is 0 Å². The molecule has 2 aliphatic rings. The van der Waals surface area contributed by atoms with E-state index in [1.165, 1.54) is 16.0 Å². The SMILES string of the molecule is O=C(c1cc2ccccc2c(C[NH+]2CCc3ccccc3C2)c1O)N1CCOCC1. The summed E-state index contributed by atoms with van der Waals surface area (Å²) in [5.74, 6) is 0.0262. The van der Waals surface area contributed by atoms with Crippen LogP contribution >= 0.6 is 0 Å². The van der Waals surface area contributed by atoms with Crippen LogP contribution < -0.4 is 4.90 Å². The van der Waals surface area contributed by atoms with Crippen LogP contribution in [0, 0.1) is 0 Å². The second kappa shape index (κ2) is 8.09. The van der Waals surface area contributed by atoms with Crippen LogP contribution in [0.1, 0.15) is 27.0 Å². The molecule has 3 aromatic rings. The molecule has 1 saturated heterocycles. The number of morpholine rings is 1. The van der Waals surface area contributed by atoms with Crippen molar-refractivity contribution in [2.45, 2.75) is 19.5 Å². The van der Waals surface area contributed by atoms with Crippen LogP contribution in [-0.4, -0.2) is 48.8 Å². The summed E-state index contributed by atoms with van der Waals surface area (Å²) in [5.41, 5.74) is 4.08. The van der Waals surface area contributed by atoms with E-state index < -0.39 is 0 Å². The highest BCUT2D eigenvalue weighted by atomic mass is 16.5. The summed E-state index contributed by atoms with van der Waals surface area (Å²) in [6.45, 7) is 4.88. The molecule has 154 valence electrons. The number of fused-ring (bicyclic) bond motifs is 2.